The van der Waals surface area contributed by atoms with E-state index in [0.29, 0.717) is 22.1 Å². The Balaban J connectivity index is 1.71. The second-order valence-corrected chi connectivity index (χ2v) is 7.90. The lowest BCUT2D eigenvalue weighted by Crippen LogP contribution is -2.32. The van der Waals surface area contributed by atoms with E-state index < -0.39 is 5.25 Å². The number of halogens is 1. The average molecular weight is 404 g/mol. The number of amides is 3. The van der Waals surface area contributed by atoms with Crippen molar-refractivity contribution in [3.05, 3.63) is 47.0 Å². The molecule has 2 aromatic carbocycles. The van der Waals surface area contributed by atoms with E-state index in [1.807, 2.05) is 19.1 Å². The minimum absolute atomic E-state index is 0.00597. The van der Waals surface area contributed by atoms with Crippen molar-refractivity contribution in [3.63, 3.8) is 0 Å². The number of anilines is 3. The van der Waals surface area contributed by atoms with Gasteiger partial charge in [0, 0.05) is 23.3 Å². The van der Waals surface area contributed by atoms with Crippen LogP contribution in [-0.2, 0) is 14.4 Å². The van der Waals surface area contributed by atoms with E-state index in [0.717, 1.165) is 10.5 Å². The van der Waals surface area contributed by atoms with E-state index in [1.165, 1.54) is 18.7 Å². The number of benzene rings is 2. The number of carbonyl (C=O) groups excluding carboxylic acids is 3. The minimum atomic E-state index is -0.548. The van der Waals surface area contributed by atoms with Crippen LogP contribution < -0.4 is 16.0 Å². The molecule has 2 aromatic rings. The Morgan fingerprint density at radius 3 is 2.67 bits per heavy atom. The van der Waals surface area contributed by atoms with Gasteiger partial charge in [-0.3, -0.25) is 14.4 Å². The molecule has 1 heterocycles. The fourth-order valence-electron chi connectivity index (χ4n) is 2.69. The summed E-state index contributed by atoms with van der Waals surface area (Å²) in [6.07, 6.45) is 0.00597. The van der Waals surface area contributed by atoms with E-state index in [1.54, 1.807) is 24.3 Å². The molecule has 0 fully saturated rings. The first-order chi connectivity index (χ1) is 12.8. The van der Waals surface area contributed by atoms with Gasteiger partial charge in [0.05, 0.1) is 22.3 Å². The highest BCUT2D eigenvalue weighted by atomic mass is 35.5. The van der Waals surface area contributed by atoms with Gasteiger partial charge in [0.25, 0.3) is 0 Å². The van der Waals surface area contributed by atoms with Gasteiger partial charge in [0.2, 0.25) is 17.7 Å². The highest BCUT2D eigenvalue weighted by molar-refractivity contribution is 8.01. The number of fused-ring (bicyclic) bond motifs is 1. The van der Waals surface area contributed by atoms with Crippen LogP contribution in [0, 0.1) is 6.92 Å². The van der Waals surface area contributed by atoms with Crippen molar-refractivity contribution in [1.29, 1.82) is 0 Å². The first-order valence-electron chi connectivity index (χ1n) is 8.27. The average Bonchev–Trinajstić information content (AvgIpc) is 2.58. The van der Waals surface area contributed by atoms with Crippen molar-refractivity contribution in [2.24, 2.45) is 0 Å². The number of hydrogen-bond donors (Lipinski definition) is 3. The molecular weight excluding hydrogens is 386 g/mol. The summed E-state index contributed by atoms with van der Waals surface area (Å²) in [6, 6.07) is 10.6. The molecule has 0 saturated carbocycles. The van der Waals surface area contributed by atoms with Gasteiger partial charge in [0.15, 0.2) is 0 Å². The largest absolute Gasteiger partial charge is 0.325 e. The SMILES string of the molecule is CC(=O)Nc1ccc(C)cc1NC(=O)CC1Sc2ccc(Cl)cc2NC1=O. The molecule has 1 unspecified atom stereocenters. The maximum absolute atomic E-state index is 12.5. The summed E-state index contributed by atoms with van der Waals surface area (Å²) < 4.78 is 0. The fraction of sp³-hybridized carbons (Fsp3) is 0.211. The Hall–Kier alpha value is -2.51. The number of hydrogen-bond acceptors (Lipinski definition) is 4. The summed E-state index contributed by atoms with van der Waals surface area (Å²) in [5, 5.41) is 8.25. The van der Waals surface area contributed by atoms with Crippen molar-refractivity contribution < 1.29 is 14.4 Å². The first-order valence-corrected chi connectivity index (χ1v) is 9.53. The smallest absolute Gasteiger partial charge is 0.238 e. The fourth-order valence-corrected chi connectivity index (χ4v) is 3.95. The summed E-state index contributed by atoms with van der Waals surface area (Å²) >= 11 is 7.27. The normalized spacial score (nSPS) is 15.5. The lowest BCUT2D eigenvalue weighted by Gasteiger charge is -2.24. The van der Waals surface area contributed by atoms with Gasteiger partial charge in [-0.2, -0.15) is 0 Å². The second kappa shape index (κ2) is 8.02. The van der Waals surface area contributed by atoms with Gasteiger partial charge in [-0.1, -0.05) is 17.7 Å². The van der Waals surface area contributed by atoms with Crippen molar-refractivity contribution in [3.8, 4) is 0 Å². The van der Waals surface area contributed by atoms with Gasteiger partial charge in [-0.05, 0) is 42.8 Å². The molecular formula is C19H18ClN3O3S. The van der Waals surface area contributed by atoms with Crippen molar-refractivity contribution in [1.82, 2.24) is 0 Å². The van der Waals surface area contributed by atoms with Gasteiger partial charge >= 0.3 is 0 Å². The summed E-state index contributed by atoms with van der Waals surface area (Å²) in [4.78, 5) is 37.0. The summed E-state index contributed by atoms with van der Waals surface area (Å²) in [6.45, 7) is 3.29. The Morgan fingerprint density at radius 2 is 1.93 bits per heavy atom. The van der Waals surface area contributed by atoms with Crippen LogP contribution in [0.4, 0.5) is 17.1 Å². The van der Waals surface area contributed by atoms with Crippen LogP contribution in [0.3, 0.4) is 0 Å². The van der Waals surface area contributed by atoms with E-state index in [4.69, 9.17) is 11.6 Å². The van der Waals surface area contributed by atoms with Crippen LogP contribution in [0.25, 0.3) is 0 Å². The molecule has 3 amide bonds. The van der Waals surface area contributed by atoms with Crippen LogP contribution >= 0.6 is 23.4 Å². The van der Waals surface area contributed by atoms with E-state index in [9.17, 15) is 14.4 Å². The standard InChI is InChI=1S/C19H18ClN3O3S/c1-10-3-5-13(21-11(2)24)14(7-10)22-18(25)9-17-19(26)23-15-8-12(20)4-6-16(15)27-17/h3-8,17H,9H2,1-2H3,(H,21,24)(H,22,25)(H,23,26). The highest BCUT2D eigenvalue weighted by Crippen LogP contribution is 2.38. The molecule has 0 radical (unpaired) electrons. The van der Waals surface area contributed by atoms with E-state index in [2.05, 4.69) is 16.0 Å². The van der Waals surface area contributed by atoms with Gasteiger partial charge in [-0.15, -0.1) is 11.8 Å². The molecule has 1 aliphatic heterocycles. The molecule has 0 spiro atoms. The predicted octanol–water partition coefficient (Wildman–Crippen LogP) is 4.05. The van der Waals surface area contributed by atoms with E-state index >= 15 is 0 Å². The Labute approximate surface area is 166 Å². The molecule has 0 saturated heterocycles. The summed E-state index contributed by atoms with van der Waals surface area (Å²) in [5.74, 6) is -0.777. The Bertz CT molecular complexity index is 932. The molecule has 1 aliphatic rings. The Morgan fingerprint density at radius 1 is 1.15 bits per heavy atom. The molecule has 0 aliphatic carbocycles. The zero-order chi connectivity index (χ0) is 19.6. The third-order valence-electron chi connectivity index (χ3n) is 3.89. The summed E-state index contributed by atoms with van der Waals surface area (Å²) in [5.41, 5.74) is 2.61. The number of carbonyl (C=O) groups is 3. The molecule has 27 heavy (non-hydrogen) atoms. The number of rotatable bonds is 4. The number of nitrogens with one attached hydrogen (secondary N) is 3. The van der Waals surface area contributed by atoms with Crippen molar-refractivity contribution in [2.75, 3.05) is 16.0 Å². The topological polar surface area (TPSA) is 87.3 Å². The number of aryl methyl sites for hydroxylation is 1. The molecule has 0 bridgehead atoms. The first kappa shape index (κ1) is 19.3. The molecule has 140 valence electrons. The molecule has 8 heteroatoms. The van der Waals surface area contributed by atoms with Crippen LogP contribution in [-0.4, -0.2) is 23.0 Å². The summed E-state index contributed by atoms with van der Waals surface area (Å²) in [7, 11) is 0. The predicted molar refractivity (Wildman–Crippen MR) is 108 cm³/mol. The third kappa shape index (κ3) is 4.81. The lowest BCUT2D eigenvalue weighted by atomic mass is 10.1. The van der Waals surface area contributed by atoms with E-state index in [-0.39, 0.29) is 24.1 Å². The van der Waals surface area contributed by atoms with Crippen molar-refractivity contribution in [2.45, 2.75) is 30.4 Å². The zero-order valence-electron chi connectivity index (χ0n) is 14.8. The van der Waals surface area contributed by atoms with Crippen molar-refractivity contribution >= 4 is 58.1 Å². The van der Waals surface area contributed by atoms with Crippen LogP contribution in [0.15, 0.2) is 41.3 Å². The van der Waals surface area contributed by atoms with Crippen LogP contribution in [0.2, 0.25) is 5.02 Å². The Kier molecular flexibility index (Phi) is 5.72. The highest BCUT2D eigenvalue weighted by Gasteiger charge is 2.29. The molecule has 1 atom stereocenters. The molecule has 0 aromatic heterocycles. The monoisotopic (exact) mass is 403 g/mol. The number of thioether (sulfide) groups is 1. The molecule has 3 N–H and O–H groups in total. The molecule has 6 nitrogen and oxygen atoms in total. The van der Waals surface area contributed by atoms with Crippen LogP contribution in [0.1, 0.15) is 18.9 Å². The maximum atomic E-state index is 12.5. The third-order valence-corrected chi connectivity index (χ3v) is 5.40. The minimum Gasteiger partial charge on any atom is -0.325 e. The van der Waals surface area contributed by atoms with Gasteiger partial charge < -0.3 is 16.0 Å². The lowest BCUT2D eigenvalue weighted by molar-refractivity contribution is -0.120. The molecule has 3 rings (SSSR count). The second-order valence-electron chi connectivity index (χ2n) is 6.22. The van der Waals surface area contributed by atoms with Crippen LogP contribution in [0.5, 0.6) is 0 Å². The zero-order valence-corrected chi connectivity index (χ0v) is 16.3. The van der Waals surface area contributed by atoms with Gasteiger partial charge in [-0.25, -0.2) is 0 Å². The van der Waals surface area contributed by atoms with Gasteiger partial charge in [0.1, 0.15) is 0 Å². The quantitative estimate of drug-likeness (QED) is 0.718. The maximum Gasteiger partial charge on any atom is 0.238 e.